The first kappa shape index (κ1) is 35.1. The summed E-state index contributed by atoms with van der Waals surface area (Å²) in [7, 11) is 0. The lowest BCUT2D eigenvalue weighted by molar-refractivity contribution is 0.793. The van der Waals surface area contributed by atoms with Crippen LogP contribution in [-0.2, 0) is 5.41 Å². The van der Waals surface area contributed by atoms with Gasteiger partial charge in [0.2, 0.25) is 0 Å². The first-order valence-electron chi connectivity index (χ1n) is 21.4. The van der Waals surface area contributed by atoms with Crippen LogP contribution in [0.5, 0.6) is 0 Å². The van der Waals surface area contributed by atoms with Crippen molar-refractivity contribution >= 4 is 76.4 Å². The number of hydrogen-bond acceptors (Lipinski definition) is 3. The summed E-state index contributed by atoms with van der Waals surface area (Å²) < 4.78 is 2.58. The van der Waals surface area contributed by atoms with Gasteiger partial charge in [-0.2, -0.15) is 0 Å². The van der Waals surface area contributed by atoms with E-state index < -0.39 is 5.41 Å². The van der Waals surface area contributed by atoms with E-state index in [4.69, 9.17) is 0 Å². The van der Waals surface area contributed by atoms with Crippen LogP contribution in [0.15, 0.2) is 231 Å². The Labute approximate surface area is 364 Å². The van der Waals surface area contributed by atoms with Gasteiger partial charge < -0.3 is 9.80 Å². The number of rotatable bonds is 6. The average molecular weight is 807 g/mol. The van der Waals surface area contributed by atoms with Gasteiger partial charge in [0.15, 0.2) is 0 Å². The van der Waals surface area contributed by atoms with Crippen molar-refractivity contribution in [3.05, 3.63) is 253 Å². The molecule has 0 saturated heterocycles. The smallest absolute Gasteiger partial charge is 0.0746 e. The molecule has 1 spiro atoms. The Bertz CT molecular complexity index is 3500. The van der Waals surface area contributed by atoms with Gasteiger partial charge in [-0.25, -0.2) is 0 Å². The Morgan fingerprint density at radius 1 is 0.339 bits per heavy atom. The fraction of sp³-hybridized carbons (Fsp3) is 0.0169. The van der Waals surface area contributed by atoms with Crippen molar-refractivity contribution in [1.82, 2.24) is 0 Å². The molecule has 2 aliphatic rings. The zero-order chi connectivity index (χ0) is 40.8. The fourth-order valence-corrected chi connectivity index (χ4v) is 12.0. The normalized spacial score (nSPS) is 14.5. The molecule has 0 N–H and O–H groups in total. The molecule has 1 unspecified atom stereocenters. The highest BCUT2D eigenvalue weighted by Gasteiger charge is 2.54. The van der Waals surface area contributed by atoms with Crippen molar-refractivity contribution in [3.63, 3.8) is 0 Å². The van der Waals surface area contributed by atoms with Crippen LogP contribution in [0.1, 0.15) is 22.3 Å². The lowest BCUT2D eigenvalue weighted by Crippen LogP contribution is -2.28. The van der Waals surface area contributed by atoms with Crippen LogP contribution in [0, 0.1) is 0 Å². The Kier molecular flexibility index (Phi) is 7.72. The molecule has 0 fully saturated rings. The summed E-state index contributed by atoms with van der Waals surface area (Å²) in [4.78, 5) is 4.95. The van der Waals surface area contributed by atoms with Crippen LogP contribution in [0.25, 0.3) is 53.2 Å². The highest BCUT2D eigenvalue weighted by atomic mass is 32.1. The number of anilines is 6. The van der Waals surface area contributed by atoms with Crippen LogP contribution in [0.2, 0.25) is 0 Å². The minimum absolute atomic E-state index is 0.597. The second-order valence-corrected chi connectivity index (χ2v) is 17.4. The maximum atomic E-state index is 2.48. The molecule has 1 atom stereocenters. The lowest BCUT2D eigenvalue weighted by atomic mass is 9.69. The molecular formula is C59H38N2S. The number of nitrogens with zero attached hydrogens (tertiary/aromatic N) is 2. The fourth-order valence-electron chi connectivity index (χ4n) is 10.8. The summed E-state index contributed by atoms with van der Waals surface area (Å²) in [5, 5.41) is 5.08. The van der Waals surface area contributed by atoms with Crippen molar-refractivity contribution in [3.8, 4) is 22.3 Å². The molecule has 2 aliphatic carbocycles. The van der Waals surface area contributed by atoms with Gasteiger partial charge in [-0.05, 0) is 116 Å². The molecule has 0 saturated carbocycles. The van der Waals surface area contributed by atoms with Gasteiger partial charge in [0.1, 0.15) is 0 Å². The number of para-hydroxylation sites is 3. The number of thiophene rings is 1. The minimum Gasteiger partial charge on any atom is -0.310 e. The molecule has 11 aromatic rings. The van der Waals surface area contributed by atoms with Crippen LogP contribution in [0.4, 0.5) is 34.1 Å². The van der Waals surface area contributed by atoms with Gasteiger partial charge in [0.25, 0.3) is 0 Å². The average Bonchev–Trinajstić information content (AvgIpc) is 3.98. The van der Waals surface area contributed by atoms with E-state index in [-0.39, 0.29) is 0 Å². The van der Waals surface area contributed by atoms with E-state index in [0.717, 1.165) is 22.7 Å². The zero-order valence-corrected chi connectivity index (χ0v) is 34.6. The van der Waals surface area contributed by atoms with E-state index in [1.807, 2.05) is 11.3 Å². The topological polar surface area (TPSA) is 6.48 Å². The lowest BCUT2D eigenvalue weighted by Gasteiger charge is -2.36. The van der Waals surface area contributed by atoms with Crippen LogP contribution in [0.3, 0.4) is 0 Å². The Morgan fingerprint density at radius 3 is 1.58 bits per heavy atom. The summed E-state index contributed by atoms with van der Waals surface area (Å²) >= 11 is 1.87. The molecular weight excluding hydrogens is 769 g/mol. The van der Waals surface area contributed by atoms with Gasteiger partial charge in [-0.1, -0.05) is 164 Å². The summed E-state index contributed by atoms with van der Waals surface area (Å²) in [6, 6.07) is 85.3. The second kappa shape index (κ2) is 13.7. The van der Waals surface area contributed by atoms with Crippen LogP contribution >= 0.6 is 11.3 Å². The monoisotopic (exact) mass is 806 g/mol. The zero-order valence-electron chi connectivity index (χ0n) is 33.7. The molecule has 1 heterocycles. The Hall–Kier alpha value is -7.72. The molecule has 0 bridgehead atoms. The standard InChI is InChI=1S/C59H38N2S/c1-4-20-40(21-5-1)60(41-22-6-2-7-23-41)54-37-39-19-10-11-26-44(39)56-48-29-13-16-32-51(48)59(57(54)56)50-31-15-12-27-45(50)49-38-43(35-36-52(49)59)61(42-24-8-3-9-25-42)53-33-18-30-47-46-28-14-17-34-55(46)62-58(47)53/h1-38H. The van der Waals surface area contributed by atoms with Crippen LogP contribution in [-0.4, -0.2) is 0 Å². The third-order valence-corrected chi connectivity index (χ3v) is 14.4. The van der Waals surface area contributed by atoms with E-state index in [9.17, 15) is 0 Å². The third-order valence-electron chi connectivity index (χ3n) is 13.2. The van der Waals surface area contributed by atoms with Crippen molar-refractivity contribution in [1.29, 1.82) is 0 Å². The number of benzene rings is 10. The number of fused-ring (bicyclic) bond motifs is 15. The summed E-state index contributed by atoms with van der Waals surface area (Å²) in [6.45, 7) is 0. The first-order valence-corrected chi connectivity index (χ1v) is 22.2. The molecule has 2 nitrogen and oxygen atoms in total. The maximum Gasteiger partial charge on any atom is 0.0746 e. The van der Waals surface area contributed by atoms with E-state index in [1.165, 1.54) is 86.8 Å². The largest absolute Gasteiger partial charge is 0.310 e. The minimum atomic E-state index is -0.597. The predicted molar refractivity (Wildman–Crippen MR) is 263 cm³/mol. The molecule has 0 amide bonds. The highest BCUT2D eigenvalue weighted by molar-refractivity contribution is 7.26. The Balaban J connectivity index is 1.13. The van der Waals surface area contributed by atoms with Gasteiger partial charge in [-0.15, -0.1) is 11.3 Å². The van der Waals surface area contributed by atoms with E-state index in [1.54, 1.807) is 0 Å². The van der Waals surface area contributed by atoms with Crippen molar-refractivity contribution in [2.45, 2.75) is 5.41 Å². The van der Waals surface area contributed by atoms with Crippen molar-refractivity contribution in [2.24, 2.45) is 0 Å². The SMILES string of the molecule is c1ccc(N(c2ccccc2)c2cc3ccccc3c3c2C2(c4ccccc4-c4cc(N(c5ccccc5)c5cccc6c5sc5ccccc56)ccc42)c2ccccc2-3)cc1. The Morgan fingerprint density at radius 2 is 0.871 bits per heavy atom. The van der Waals surface area contributed by atoms with Gasteiger partial charge in [-0.3, -0.25) is 0 Å². The first-order chi connectivity index (χ1) is 30.8. The van der Waals surface area contributed by atoms with Gasteiger partial charge in [0, 0.05) is 43.8 Å². The molecule has 0 radical (unpaired) electrons. The van der Waals surface area contributed by atoms with Gasteiger partial charge in [0.05, 0.1) is 21.5 Å². The second-order valence-electron chi connectivity index (χ2n) is 16.4. The van der Waals surface area contributed by atoms with Crippen molar-refractivity contribution < 1.29 is 0 Å². The molecule has 0 aliphatic heterocycles. The molecule has 1 aromatic heterocycles. The number of hydrogen-bond donors (Lipinski definition) is 0. The molecule has 13 rings (SSSR count). The predicted octanol–water partition coefficient (Wildman–Crippen LogP) is 16.5. The summed E-state index contributed by atoms with van der Waals surface area (Å²) in [6.07, 6.45) is 0. The molecule has 62 heavy (non-hydrogen) atoms. The van der Waals surface area contributed by atoms with E-state index >= 15 is 0 Å². The van der Waals surface area contributed by atoms with Crippen LogP contribution < -0.4 is 9.80 Å². The highest BCUT2D eigenvalue weighted by Crippen LogP contribution is 2.67. The summed E-state index contributed by atoms with van der Waals surface area (Å²) in [5.41, 5.74) is 16.7. The molecule has 10 aromatic carbocycles. The maximum absolute atomic E-state index is 2.48. The molecule has 3 heteroatoms. The third kappa shape index (κ3) is 4.91. The van der Waals surface area contributed by atoms with Gasteiger partial charge >= 0.3 is 0 Å². The quantitative estimate of drug-likeness (QED) is 0.165. The summed E-state index contributed by atoms with van der Waals surface area (Å²) in [5.74, 6) is 0. The molecule has 290 valence electrons. The van der Waals surface area contributed by atoms with Crippen molar-refractivity contribution in [2.75, 3.05) is 9.80 Å². The van der Waals surface area contributed by atoms with E-state index in [2.05, 4.69) is 240 Å². The van der Waals surface area contributed by atoms with E-state index in [0.29, 0.717) is 0 Å².